The van der Waals surface area contributed by atoms with E-state index in [2.05, 4.69) is 0 Å². The van der Waals surface area contributed by atoms with Crippen molar-refractivity contribution in [2.45, 2.75) is 32.3 Å². The number of hydrogen-bond acceptors (Lipinski definition) is 3. The van der Waals surface area contributed by atoms with Crippen molar-refractivity contribution in [1.29, 1.82) is 0 Å². The normalized spacial score (nSPS) is 17.1. The topological polar surface area (TPSA) is 49.8 Å². The molecule has 0 aromatic heterocycles. The Labute approximate surface area is 114 Å². The van der Waals surface area contributed by atoms with Gasteiger partial charge in [0.05, 0.1) is 6.10 Å². The first kappa shape index (κ1) is 13.9. The molecule has 0 unspecified atom stereocenters. The van der Waals surface area contributed by atoms with Crippen molar-refractivity contribution in [2.24, 2.45) is 0 Å². The molecule has 1 saturated heterocycles. The Morgan fingerprint density at radius 3 is 2.68 bits per heavy atom. The van der Waals surface area contributed by atoms with Crippen LogP contribution >= 0.6 is 0 Å². The number of nitrogens with zero attached hydrogens (tertiary/aromatic N) is 1. The van der Waals surface area contributed by atoms with Crippen molar-refractivity contribution in [3.05, 3.63) is 29.8 Å². The number of carbonyl (C=O) groups excluding carboxylic acids is 1. The second-order valence-corrected chi connectivity index (χ2v) is 4.94. The van der Waals surface area contributed by atoms with E-state index in [1.54, 1.807) is 13.0 Å². The van der Waals surface area contributed by atoms with Crippen LogP contribution in [0.1, 0.15) is 37.9 Å². The number of likely N-dealkylation sites (tertiary alicyclic amines) is 1. The van der Waals surface area contributed by atoms with Gasteiger partial charge in [-0.2, -0.15) is 0 Å². The highest BCUT2D eigenvalue weighted by molar-refractivity contribution is 5.77. The van der Waals surface area contributed by atoms with Crippen molar-refractivity contribution in [1.82, 2.24) is 4.90 Å². The molecule has 0 aliphatic carbocycles. The van der Waals surface area contributed by atoms with E-state index in [0.29, 0.717) is 11.3 Å². The zero-order valence-electron chi connectivity index (χ0n) is 11.3. The highest BCUT2D eigenvalue weighted by atomic mass is 16.5. The number of para-hydroxylation sites is 1. The van der Waals surface area contributed by atoms with Gasteiger partial charge in [0.25, 0.3) is 5.91 Å². The number of benzene rings is 1. The standard InChI is InChI=1S/C15H21NO3/c1-12(17)13-7-3-4-8-14(13)19-11-15(18)16-9-5-2-6-10-16/h3-4,7-8,12,17H,2,5-6,9-11H2,1H3/t12-/m0/s1. The SMILES string of the molecule is C[C@H](O)c1ccccc1OCC(=O)N1CCCCC1. The summed E-state index contributed by atoms with van der Waals surface area (Å²) in [7, 11) is 0. The first-order valence-corrected chi connectivity index (χ1v) is 6.86. The van der Waals surface area contributed by atoms with Crippen molar-refractivity contribution in [3.8, 4) is 5.75 Å². The first-order valence-electron chi connectivity index (χ1n) is 6.86. The second-order valence-electron chi connectivity index (χ2n) is 4.94. The van der Waals surface area contributed by atoms with Crippen LogP contribution in [0.5, 0.6) is 5.75 Å². The monoisotopic (exact) mass is 263 g/mol. The molecule has 1 N–H and O–H groups in total. The maximum Gasteiger partial charge on any atom is 0.260 e. The van der Waals surface area contributed by atoms with Crippen molar-refractivity contribution >= 4 is 5.91 Å². The highest BCUT2D eigenvalue weighted by Gasteiger charge is 2.17. The van der Waals surface area contributed by atoms with Crippen LogP contribution in [0.2, 0.25) is 0 Å². The molecule has 104 valence electrons. The Kier molecular flexibility index (Phi) is 4.80. The second kappa shape index (κ2) is 6.57. The van der Waals surface area contributed by atoms with E-state index in [-0.39, 0.29) is 12.5 Å². The summed E-state index contributed by atoms with van der Waals surface area (Å²) in [5.41, 5.74) is 0.717. The third kappa shape index (κ3) is 3.70. The number of rotatable bonds is 4. The van der Waals surface area contributed by atoms with Crippen LogP contribution in [-0.4, -0.2) is 35.6 Å². The molecule has 2 rings (SSSR count). The van der Waals surface area contributed by atoms with Crippen molar-refractivity contribution < 1.29 is 14.6 Å². The van der Waals surface area contributed by atoms with E-state index in [1.807, 2.05) is 23.1 Å². The molecule has 1 heterocycles. The Balaban J connectivity index is 1.93. The molecule has 4 heteroatoms. The van der Waals surface area contributed by atoms with Crippen molar-refractivity contribution in [3.63, 3.8) is 0 Å². The van der Waals surface area contributed by atoms with Gasteiger partial charge in [-0.15, -0.1) is 0 Å². The minimum atomic E-state index is -0.596. The van der Waals surface area contributed by atoms with Gasteiger partial charge in [-0.25, -0.2) is 0 Å². The summed E-state index contributed by atoms with van der Waals surface area (Å²) in [6.07, 6.45) is 2.77. The first-order chi connectivity index (χ1) is 9.18. The lowest BCUT2D eigenvalue weighted by Gasteiger charge is -2.26. The molecule has 1 atom stereocenters. The third-order valence-electron chi connectivity index (χ3n) is 3.43. The number of aliphatic hydroxyl groups excluding tert-OH is 1. The average molecular weight is 263 g/mol. The lowest BCUT2D eigenvalue weighted by molar-refractivity contribution is -0.134. The van der Waals surface area contributed by atoms with Crippen LogP contribution in [0.15, 0.2) is 24.3 Å². The van der Waals surface area contributed by atoms with Gasteiger partial charge in [-0.05, 0) is 32.3 Å². The highest BCUT2D eigenvalue weighted by Crippen LogP contribution is 2.24. The van der Waals surface area contributed by atoms with Gasteiger partial charge in [-0.3, -0.25) is 4.79 Å². The zero-order valence-corrected chi connectivity index (χ0v) is 11.3. The number of ether oxygens (including phenoxy) is 1. The minimum absolute atomic E-state index is 0.0279. The van der Waals surface area contributed by atoms with Crippen LogP contribution < -0.4 is 4.74 Å². The Morgan fingerprint density at radius 2 is 2.00 bits per heavy atom. The lowest BCUT2D eigenvalue weighted by atomic mass is 10.1. The minimum Gasteiger partial charge on any atom is -0.483 e. The predicted molar refractivity (Wildman–Crippen MR) is 73.0 cm³/mol. The van der Waals surface area contributed by atoms with E-state index >= 15 is 0 Å². The molecule has 1 amide bonds. The van der Waals surface area contributed by atoms with Crippen LogP contribution in [0.4, 0.5) is 0 Å². The average Bonchev–Trinajstić information content (AvgIpc) is 2.46. The molecular formula is C15H21NO3. The fraction of sp³-hybridized carbons (Fsp3) is 0.533. The fourth-order valence-electron chi connectivity index (χ4n) is 2.33. The largest absolute Gasteiger partial charge is 0.483 e. The van der Waals surface area contributed by atoms with E-state index in [9.17, 15) is 9.90 Å². The molecule has 1 aliphatic heterocycles. The third-order valence-corrected chi connectivity index (χ3v) is 3.43. The summed E-state index contributed by atoms with van der Waals surface area (Å²) in [4.78, 5) is 13.8. The molecule has 1 fully saturated rings. The lowest BCUT2D eigenvalue weighted by Crippen LogP contribution is -2.38. The van der Waals surface area contributed by atoms with Gasteiger partial charge in [0.15, 0.2) is 6.61 Å². The van der Waals surface area contributed by atoms with E-state index in [1.165, 1.54) is 6.42 Å². The van der Waals surface area contributed by atoms with E-state index in [0.717, 1.165) is 25.9 Å². The quantitative estimate of drug-likeness (QED) is 0.905. The molecule has 0 bridgehead atoms. The molecular weight excluding hydrogens is 242 g/mol. The summed E-state index contributed by atoms with van der Waals surface area (Å²) < 4.78 is 5.56. The molecule has 1 aliphatic rings. The van der Waals surface area contributed by atoms with E-state index < -0.39 is 6.10 Å². The van der Waals surface area contributed by atoms with Crippen LogP contribution in [-0.2, 0) is 4.79 Å². The zero-order chi connectivity index (χ0) is 13.7. The van der Waals surface area contributed by atoms with Gasteiger partial charge in [0, 0.05) is 18.7 Å². The molecule has 19 heavy (non-hydrogen) atoms. The number of aliphatic hydroxyl groups is 1. The van der Waals surface area contributed by atoms with Crippen LogP contribution in [0, 0.1) is 0 Å². The molecule has 0 spiro atoms. The number of hydrogen-bond donors (Lipinski definition) is 1. The molecule has 0 saturated carbocycles. The van der Waals surface area contributed by atoms with Gasteiger partial charge >= 0.3 is 0 Å². The summed E-state index contributed by atoms with van der Waals surface area (Å²) in [6, 6.07) is 7.28. The number of piperidine rings is 1. The fourth-order valence-corrected chi connectivity index (χ4v) is 2.33. The summed E-state index contributed by atoms with van der Waals surface area (Å²) in [5, 5.41) is 9.64. The molecule has 1 aromatic carbocycles. The Morgan fingerprint density at radius 1 is 1.32 bits per heavy atom. The van der Waals surface area contributed by atoms with Gasteiger partial charge in [0.2, 0.25) is 0 Å². The summed E-state index contributed by atoms with van der Waals surface area (Å²) in [6.45, 7) is 3.40. The molecule has 1 aromatic rings. The maximum atomic E-state index is 12.0. The van der Waals surface area contributed by atoms with Crippen molar-refractivity contribution in [2.75, 3.05) is 19.7 Å². The Hall–Kier alpha value is -1.55. The van der Waals surface area contributed by atoms with Gasteiger partial charge < -0.3 is 14.7 Å². The van der Waals surface area contributed by atoms with Crippen LogP contribution in [0.25, 0.3) is 0 Å². The summed E-state index contributed by atoms with van der Waals surface area (Å²) >= 11 is 0. The van der Waals surface area contributed by atoms with Gasteiger partial charge in [-0.1, -0.05) is 18.2 Å². The predicted octanol–water partition coefficient (Wildman–Crippen LogP) is 2.13. The molecule has 0 radical (unpaired) electrons. The van der Waals surface area contributed by atoms with Gasteiger partial charge in [0.1, 0.15) is 5.75 Å². The number of carbonyl (C=O) groups is 1. The maximum absolute atomic E-state index is 12.0. The van der Waals surface area contributed by atoms with E-state index in [4.69, 9.17) is 4.74 Å². The van der Waals surface area contributed by atoms with Crippen LogP contribution in [0.3, 0.4) is 0 Å². The smallest absolute Gasteiger partial charge is 0.260 e. The summed E-state index contributed by atoms with van der Waals surface area (Å²) in [5.74, 6) is 0.614. The Bertz CT molecular complexity index is 425. The number of amides is 1. The molecule has 4 nitrogen and oxygen atoms in total.